The molecule has 0 aliphatic heterocycles. The van der Waals surface area contributed by atoms with Crippen LogP contribution >= 0.6 is 0 Å². The number of hydrogen-bond donors (Lipinski definition) is 1. The van der Waals surface area contributed by atoms with E-state index in [4.69, 9.17) is 0 Å². The largest absolute Gasteiger partial charge is 0.355 e. The lowest BCUT2D eigenvalue weighted by atomic mass is 9.87. The highest BCUT2D eigenvalue weighted by molar-refractivity contribution is 7.89. The molecule has 0 bridgehead atoms. The van der Waals surface area contributed by atoms with Crippen LogP contribution in [0, 0.1) is 5.92 Å². The Balaban J connectivity index is 2.13. The first-order valence-corrected chi connectivity index (χ1v) is 8.93. The molecule has 1 aliphatic rings. The Morgan fingerprint density at radius 3 is 2.33 bits per heavy atom. The Hall–Kier alpha value is -1.21. The van der Waals surface area contributed by atoms with Crippen LogP contribution in [0.15, 0.2) is 17.3 Å². The van der Waals surface area contributed by atoms with Crippen LogP contribution in [-0.2, 0) is 10.0 Å². The van der Waals surface area contributed by atoms with Crippen LogP contribution in [0.4, 0.5) is 5.95 Å². The lowest BCUT2D eigenvalue weighted by Gasteiger charge is -2.32. The zero-order valence-electron chi connectivity index (χ0n) is 12.9. The van der Waals surface area contributed by atoms with Gasteiger partial charge >= 0.3 is 0 Å². The maximum absolute atomic E-state index is 12.6. The maximum Gasteiger partial charge on any atom is 0.246 e. The van der Waals surface area contributed by atoms with Crippen molar-refractivity contribution in [3.05, 3.63) is 12.4 Å². The second-order valence-electron chi connectivity index (χ2n) is 5.71. The van der Waals surface area contributed by atoms with Gasteiger partial charge in [0.1, 0.15) is 4.90 Å². The Morgan fingerprint density at radius 2 is 1.81 bits per heavy atom. The van der Waals surface area contributed by atoms with Gasteiger partial charge < -0.3 is 5.32 Å². The molecule has 0 saturated heterocycles. The molecule has 1 N–H and O–H groups in total. The van der Waals surface area contributed by atoms with Crippen LogP contribution in [0.5, 0.6) is 0 Å². The fraction of sp³-hybridized carbons (Fsp3) is 0.714. The highest BCUT2D eigenvalue weighted by Crippen LogP contribution is 2.29. The smallest absolute Gasteiger partial charge is 0.246 e. The van der Waals surface area contributed by atoms with E-state index in [1.807, 2.05) is 6.92 Å². The minimum absolute atomic E-state index is 0.0830. The molecule has 0 amide bonds. The fourth-order valence-corrected chi connectivity index (χ4v) is 3.98. The van der Waals surface area contributed by atoms with Crippen LogP contribution in [-0.4, -0.2) is 42.3 Å². The van der Waals surface area contributed by atoms with Crippen molar-refractivity contribution in [1.82, 2.24) is 14.3 Å². The zero-order valence-corrected chi connectivity index (χ0v) is 13.7. The molecular formula is C14H24N4O2S. The van der Waals surface area contributed by atoms with Gasteiger partial charge in [-0.2, -0.15) is 4.31 Å². The Morgan fingerprint density at radius 1 is 1.24 bits per heavy atom. The summed E-state index contributed by atoms with van der Waals surface area (Å²) in [5.41, 5.74) is 0. The summed E-state index contributed by atoms with van der Waals surface area (Å²) in [6.07, 6.45) is 6.77. The van der Waals surface area contributed by atoms with Gasteiger partial charge in [0.25, 0.3) is 0 Å². The van der Waals surface area contributed by atoms with E-state index in [1.165, 1.54) is 16.7 Å². The number of nitrogens with one attached hydrogen (secondary N) is 1. The molecule has 1 aromatic rings. The number of hydrogen-bond acceptors (Lipinski definition) is 5. The van der Waals surface area contributed by atoms with Crippen LogP contribution in [0.1, 0.15) is 39.5 Å². The predicted octanol–water partition coefficient (Wildman–Crippen LogP) is 2.11. The Kier molecular flexibility index (Phi) is 5.16. The van der Waals surface area contributed by atoms with Crippen LogP contribution in [0.25, 0.3) is 0 Å². The average Bonchev–Trinajstić information content (AvgIpc) is 2.48. The number of anilines is 1. The van der Waals surface area contributed by atoms with Gasteiger partial charge in [-0.05, 0) is 38.5 Å². The lowest BCUT2D eigenvalue weighted by Crippen LogP contribution is -2.39. The van der Waals surface area contributed by atoms with Crippen molar-refractivity contribution in [2.75, 3.05) is 18.9 Å². The zero-order chi connectivity index (χ0) is 15.5. The van der Waals surface area contributed by atoms with Crippen molar-refractivity contribution >= 4 is 16.0 Å². The van der Waals surface area contributed by atoms with E-state index in [0.717, 1.165) is 25.7 Å². The maximum atomic E-state index is 12.6. The summed E-state index contributed by atoms with van der Waals surface area (Å²) in [6, 6.07) is 0.0830. The molecule has 1 fully saturated rings. The molecule has 1 heterocycles. The van der Waals surface area contributed by atoms with Gasteiger partial charge in [-0.15, -0.1) is 0 Å². The molecule has 0 atom stereocenters. The van der Waals surface area contributed by atoms with Crippen molar-refractivity contribution in [3.63, 3.8) is 0 Å². The third kappa shape index (κ3) is 3.71. The van der Waals surface area contributed by atoms with E-state index < -0.39 is 10.0 Å². The van der Waals surface area contributed by atoms with E-state index in [0.29, 0.717) is 18.4 Å². The first kappa shape index (κ1) is 16.2. The van der Waals surface area contributed by atoms with Crippen molar-refractivity contribution < 1.29 is 8.42 Å². The number of nitrogens with zero attached hydrogens (tertiary/aromatic N) is 3. The second kappa shape index (κ2) is 6.70. The van der Waals surface area contributed by atoms with E-state index in [9.17, 15) is 8.42 Å². The summed E-state index contributed by atoms with van der Waals surface area (Å²) in [5, 5.41) is 2.95. The lowest BCUT2D eigenvalue weighted by molar-refractivity contribution is 0.246. The summed E-state index contributed by atoms with van der Waals surface area (Å²) < 4.78 is 26.7. The van der Waals surface area contributed by atoms with Crippen molar-refractivity contribution in [1.29, 1.82) is 0 Å². The highest BCUT2D eigenvalue weighted by atomic mass is 32.2. The molecule has 1 saturated carbocycles. The quantitative estimate of drug-likeness (QED) is 0.901. The molecule has 0 radical (unpaired) electrons. The molecule has 0 aromatic carbocycles. The number of rotatable bonds is 5. The molecule has 118 valence electrons. The summed E-state index contributed by atoms with van der Waals surface area (Å²) >= 11 is 0. The molecule has 21 heavy (non-hydrogen) atoms. The van der Waals surface area contributed by atoms with Gasteiger partial charge in [0.05, 0.1) is 12.4 Å². The van der Waals surface area contributed by atoms with Gasteiger partial charge in [-0.3, -0.25) is 0 Å². The van der Waals surface area contributed by atoms with E-state index in [-0.39, 0.29) is 10.9 Å². The molecule has 1 aliphatic carbocycles. The molecule has 0 spiro atoms. The molecule has 7 heteroatoms. The van der Waals surface area contributed by atoms with Crippen molar-refractivity contribution in [2.45, 2.75) is 50.5 Å². The van der Waals surface area contributed by atoms with Gasteiger partial charge in [0.2, 0.25) is 16.0 Å². The van der Waals surface area contributed by atoms with Gasteiger partial charge in [-0.25, -0.2) is 18.4 Å². The minimum atomic E-state index is -3.51. The standard InChI is InChI=1S/C14H24N4O2S/c1-4-15-14-16-9-13(10-17-14)21(19,20)18(3)12-7-5-11(2)6-8-12/h9-12H,4-8H2,1-3H3,(H,15,16,17). The normalized spacial score (nSPS) is 23.2. The van der Waals surface area contributed by atoms with Crippen LogP contribution < -0.4 is 5.32 Å². The first-order valence-electron chi connectivity index (χ1n) is 7.49. The molecule has 1 aromatic heterocycles. The molecule has 0 unspecified atom stereocenters. The topological polar surface area (TPSA) is 75.2 Å². The fourth-order valence-electron chi connectivity index (χ4n) is 2.67. The third-order valence-corrected chi connectivity index (χ3v) is 6.00. The van der Waals surface area contributed by atoms with Crippen molar-refractivity contribution in [2.24, 2.45) is 5.92 Å². The van der Waals surface area contributed by atoms with Gasteiger partial charge in [0, 0.05) is 19.6 Å². The van der Waals surface area contributed by atoms with E-state index in [2.05, 4.69) is 22.2 Å². The molecule has 6 nitrogen and oxygen atoms in total. The van der Waals surface area contributed by atoms with Crippen molar-refractivity contribution in [3.8, 4) is 0 Å². The molecule has 2 rings (SSSR count). The predicted molar refractivity (Wildman–Crippen MR) is 82.6 cm³/mol. The van der Waals surface area contributed by atoms with Gasteiger partial charge in [-0.1, -0.05) is 6.92 Å². The second-order valence-corrected chi connectivity index (χ2v) is 7.71. The minimum Gasteiger partial charge on any atom is -0.355 e. The number of aromatic nitrogens is 2. The summed E-state index contributed by atoms with van der Waals surface area (Å²) in [4.78, 5) is 8.25. The molecular weight excluding hydrogens is 288 g/mol. The van der Waals surface area contributed by atoms with E-state index in [1.54, 1.807) is 7.05 Å². The summed E-state index contributed by atoms with van der Waals surface area (Å²) in [7, 11) is -1.85. The SMILES string of the molecule is CCNc1ncc(S(=O)(=O)N(C)C2CCC(C)CC2)cn1. The summed E-state index contributed by atoms with van der Waals surface area (Å²) in [5.74, 6) is 1.14. The number of sulfonamides is 1. The Bertz CT molecular complexity index is 551. The highest BCUT2D eigenvalue weighted by Gasteiger charge is 2.30. The monoisotopic (exact) mass is 312 g/mol. The third-order valence-electron chi connectivity index (χ3n) is 4.14. The van der Waals surface area contributed by atoms with E-state index >= 15 is 0 Å². The van der Waals surface area contributed by atoms with Crippen LogP contribution in [0.3, 0.4) is 0 Å². The first-order chi connectivity index (χ1) is 9.95. The van der Waals surface area contributed by atoms with Gasteiger partial charge in [0.15, 0.2) is 0 Å². The summed E-state index contributed by atoms with van der Waals surface area (Å²) in [6.45, 7) is 4.86. The Labute approximate surface area is 127 Å². The van der Waals surface area contributed by atoms with Crippen LogP contribution in [0.2, 0.25) is 0 Å². The average molecular weight is 312 g/mol.